The normalized spacial score (nSPS) is 16.1. The second kappa shape index (κ2) is 9.73. The number of esters is 1. The largest absolute Gasteiger partial charge is 0.497 e. The summed E-state index contributed by atoms with van der Waals surface area (Å²) < 4.78 is 41.4. The third-order valence-corrected chi connectivity index (χ3v) is 6.50. The van der Waals surface area contributed by atoms with Crippen LogP contribution in [0.5, 0.6) is 11.5 Å². The molecule has 0 unspecified atom stereocenters. The lowest BCUT2D eigenvalue weighted by Crippen LogP contribution is -2.47. The van der Waals surface area contributed by atoms with E-state index in [4.69, 9.17) is 14.2 Å². The highest BCUT2D eigenvalue weighted by atomic mass is 32.2. The number of urea groups is 1. The van der Waals surface area contributed by atoms with E-state index in [1.54, 1.807) is 24.3 Å². The van der Waals surface area contributed by atoms with Gasteiger partial charge in [0.2, 0.25) is 0 Å². The Balaban J connectivity index is 2.02. The highest BCUT2D eigenvalue weighted by Crippen LogP contribution is 2.30. The first-order valence-electron chi connectivity index (χ1n) is 9.77. The molecule has 0 aromatic heterocycles. The first kappa shape index (κ1) is 23.1. The topological polar surface area (TPSA) is 120 Å². The zero-order chi connectivity index (χ0) is 23.3. The average molecular weight is 461 g/mol. The molecule has 10 heteroatoms. The van der Waals surface area contributed by atoms with Crippen molar-refractivity contribution in [1.29, 1.82) is 0 Å². The Morgan fingerprint density at radius 1 is 1.00 bits per heavy atom. The molecule has 1 heterocycles. The minimum absolute atomic E-state index is 0.00773. The Morgan fingerprint density at radius 2 is 1.62 bits per heavy atom. The summed E-state index contributed by atoms with van der Waals surface area (Å²) >= 11 is 0. The lowest BCUT2D eigenvalue weighted by Gasteiger charge is -2.29. The van der Waals surface area contributed by atoms with Gasteiger partial charge in [-0.1, -0.05) is 12.1 Å². The molecule has 1 aliphatic rings. The molecule has 0 fully saturated rings. The number of nitrogens with one attached hydrogen (secondary N) is 2. The Kier molecular flexibility index (Phi) is 7.04. The number of hydrogen-bond donors (Lipinski definition) is 2. The van der Waals surface area contributed by atoms with Crippen LogP contribution < -0.4 is 20.1 Å². The number of hydrogen-bond acceptors (Lipinski definition) is 7. The third-order valence-electron chi connectivity index (χ3n) is 4.84. The summed E-state index contributed by atoms with van der Waals surface area (Å²) in [5, 5.41) is 5.12. The summed E-state index contributed by atoms with van der Waals surface area (Å²) in [6, 6.07) is 11.1. The molecular weight excluding hydrogens is 436 g/mol. The van der Waals surface area contributed by atoms with Crippen molar-refractivity contribution in [3.63, 3.8) is 0 Å². The molecule has 170 valence electrons. The number of amides is 2. The average Bonchev–Trinajstić information content (AvgIpc) is 2.78. The Hall–Kier alpha value is -3.53. The van der Waals surface area contributed by atoms with E-state index in [0.717, 1.165) is 0 Å². The quantitative estimate of drug-likeness (QED) is 0.580. The van der Waals surface area contributed by atoms with Crippen LogP contribution in [0.3, 0.4) is 0 Å². The van der Waals surface area contributed by atoms with Gasteiger partial charge < -0.3 is 24.8 Å². The van der Waals surface area contributed by atoms with E-state index in [-0.39, 0.29) is 16.2 Å². The maximum Gasteiger partial charge on any atom is 0.338 e. The zero-order valence-corrected chi connectivity index (χ0v) is 18.7. The summed E-state index contributed by atoms with van der Waals surface area (Å²) in [4.78, 5) is 25.0. The molecule has 0 bridgehead atoms. The molecule has 2 aromatic carbocycles. The predicted octanol–water partition coefficient (Wildman–Crippen LogP) is 2.35. The van der Waals surface area contributed by atoms with Gasteiger partial charge in [-0.2, -0.15) is 0 Å². The van der Waals surface area contributed by atoms with Crippen molar-refractivity contribution in [3.8, 4) is 11.5 Å². The molecule has 32 heavy (non-hydrogen) atoms. The standard InChI is InChI=1S/C22H24N2O7S/c1-4-31-16-7-5-14(6-8-16)20-19(21(25)30-3)18(23-22(26)24-20)13-32(27,28)17-11-9-15(29-2)10-12-17/h5-12,20H,4,13H2,1-3H3,(H2,23,24,26)/t20-/m0/s1. The predicted molar refractivity (Wildman–Crippen MR) is 116 cm³/mol. The molecule has 0 saturated heterocycles. The van der Waals surface area contributed by atoms with Crippen LogP contribution in [-0.2, 0) is 19.4 Å². The smallest absolute Gasteiger partial charge is 0.338 e. The van der Waals surface area contributed by atoms with Crippen LogP contribution in [0.1, 0.15) is 18.5 Å². The Bertz CT molecular complexity index is 1120. The van der Waals surface area contributed by atoms with E-state index < -0.39 is 33.6 Å². The summed E-state index contributed by atoms with van der Waals surface area (Å²) in [7, 11) is -1.22. The highest BCUT2D eigenvalue weighted by molar-refractivity contribution is 7.91. The fourth-order valence-electron chi connectivity index (χ4n) is 3.31. The minimum Gasteiger partial charge on any atom is -0.497 e. The van der Waals surface area contributed by atoms with E-state index in [1.165, 1.54) is 38.5 Å². The second-order valence-electron chi connectivity index (χ2n) is 6.85. The molecule has 1 aliphatic heterocycles. The number of sulfone groups is 1. The third kappa shape index (κ3) is 5.02. The summed E-state index contributed by atoms with van der Waals surface area (Å²) in [6.45, 7) is 2.35. The van der Waals surface area contributed by atoms with Crippen LogP contribution in [0.25, 0.3) is 0 Å². The van der Waals surface area contributed by atoms with Crippen molar-refractivity contribution in [2.24, 2.45) is 0 Å². The maximum absolute atomic E-state index is 13.0. The van der Waals surface area contributed by atoms with Crippen molar-refractivity contribution in [2.75, 3.05) is 26.6 Å². The van der Waals surface area contributed by atoms with Gasteiger partial charge in [-0.3, -0.25) is 0 Å². The van der Waals surface area contributed by atoms with E-state index in [1.807, 2.05) is 6.92 Å². The SMILES string of the molecule is CCOc1ccc([C@@H]2NC(=O)NC(CS(=O)(=O)c3ccc(OC)cc3)=C2C(=O)OC)cc1. The fourth-order valence-corrected chi connectivity index (χ4v) is 4.64. The molecule has 9 nitrogen and oxygen atoms in total. The van der Waals surface area contributed by atoms with Crippen LogP contribution in [0.4, 0.5) is 4.79 Å². The summed E-state index contributed by atoms with van der Waals surface area (Å²) in [5.41, 5.74) is 0.534. The number of ether oxygens (including phenoxy) is 3. The first-order chi connectivity index (χ1) is 15.3. The molecular formula is C22H24N2O7S. The summed E-state index contributed by atoms with van der Waals surface area (Å²) in [5.74, 6) is -0.215. The number of carbonyl (C=O) groups is 2. The van der Waals surface area contributed by atoms with Crippen molar-refractivity contribution in [1.82, 2.24) is 10.6 Å². The van der Waals surface area contributed by atoms with Gasteiger partial charge in [0, 0.05) is 5.70 Å². The van der Waals surface area contributed by atoms with Crippen molar-refractivity contribution in [3.05, 3.63) is 65.4 Å². The molecule has 0 saturated carbocycles. The lowest BCUT2D eigenvalue weighted by atomic mass is 9.95. The number of methoxy groups -OCH3 is 2. The number of carbonyl (C=O) groups excluding carboxylic acids is 2. The molecule has 0 aliphatic carbocycles. The summed E-state index contributed by atoms with van der Waals surface area (Å²) in [6.07, 6.45) is 0. The van der Waals surface area contributed by atoms with Crippen LogP contribution in [-0.4, -0.2) is 47.0 Å². The van der Waals surface area contributed by atoms with Crippen molar-refractivity contribution < 1.29 is 32.2 Å². The van der Waals surface area contributed by atoms with E-state index in [2.05, 4.69) is 10.6 Å². The van der Waals surface area contributed by atoms with Crippen molar-refractivity contribution in [2.45, 2.75) is 17.9 Å². The molecule has 0 spiro atoms. The molecule has 2 amide bonds. The molecule has 2 N–H and O–H groups in total. The fraction of sp³-hybridized carbons (Fsp3) is 0.273. The lowest BCUT2D eigenvalue weighted by molar-refractivity contribution is -0.136. The zero-order valence-electron chi connectivity index (χ0n) is 17.9. The van der Waals surface area contributed by atoms with Crippen LogP contribution in [0.15, 0.2) is 64.7 Å². The van der Waals surface area contributed by atoms with Crippen LogP contribution in [0.2, 0.25) is 0 Å². The van der Waals surface area contributed by atoms with Gasteiger partial charge in [0.05, 0.1) is 43.1 Å². The van der Waals surface area contributed by atoms with Gasteiger partial charge in [-0.15, -0.1) is 0 Å². The van der Waals surface area contributed by atoms with E-state index in [0.29, 0.717) is 23.7 Å². The number of rotatable bonds is 8. The molecule has 3 rings (SSSR count). The van der Waals surface area contributed by atoms with Gasteiger partial charge >= 0.3 is 12.0 Å². The molecule has 0 radical (unpaired) electrons. The Labute approximate surface area is 186 Å². The van der Waals surface area contributed by atoms with Gasteiger partial charge in [0.15, 0.2) is 9.84 Å². The van der Waals surface area contributed by atoms with E-state index in [9.17, 15) is 18.0 Å². The van der Waals surface area contributed by atoms with Gasteiger partial charge in [-0.25, -0.2) is 18.0 Å². The second-order valence-corrected chi connectivity index (χ2v) is 8.84. The number of benzene rings is 2. The minimum atomic E-state index is -3.89. The molecule has 1 atom stereocenters. The van der Waals surface area contributed by atoms with Gasteiger partial charge in [0.1, 0.15) is 11.5 Å². The Morgan fingerprint density at radius 3 is 2.19 bits per heavy atom. The van der Waals surface area contributed by atoms with Crippen LogP contribution >= 0.6 is 0 Å². The van der Waals surface area contributed by atoms with Crippen molar-refractivity contribution >= 4 is 21.8 Å². The molecule has 2 aromatic rings. The first-order valence-corrected chi connectivity index (χ1v) is 11.4. The maximum atomic E-state index is 13.0. The van der Waals surface area contributed by atoms with Gasteiger partial charge in [-0.05, 0) is 48.9 Å². The van der Waals surface area contributed by atoms with Crippen LogP contribution in [0, 0.1) is 0 Å². The highest BCUT2D eigenvalue weighted by Gasteiger charge is 2.35. The van der Waals surface area contributed by atoms with Gasteiger partial charge in [0.25, 0.3) is 0 Å². The van der Waals surface area contributed by atoms with E-state index >= 15 is 0 Å². The monoisotopic (exact) mass is 460 g/mol.